The topological polar surface area (TPSA) is 66.9 Å². The summed E-state index contributed by atoms with van der Waals surface area (Å²) in [6, 6.07) is 18.0. The molecule has 0 aromatic heterocycles. The van der Waals surface area contributed by atoms with E-state index in [0.717, 1.165) is 22.4 Å². The summed E-state index contributed by atoms with van der Waals surface area (Å²) in [5.41, 5.74) is 4.37. The first-order chi connectivity index (χ1) is 15.8. The molecule has 0 bridgehead atoms. The van der Waals surface area contributed by atoms with E-state index in [1.165, 1.54) is 11.0 Å². The van der Waals surface area contributed by atoms with Crippen LogP contribution in [0.4, 0.5) is 5.69 Å². The van der Waals surface area contributed by atoms with Gasteiger partial charge in [-0.05, 0) is 73.9 Å². The van der Waals surface area contributed by atoms with Crippen LogP contribution in [0.5, 0.6) is 5.75 Å². The molecule has 168 valence electrons. The number of ether oxygens (including phenoxy) is 1. The summed E-state index contributed by atoms with van der Waals surface area (Å²) >= 11 is 0. The van der Waals surface area contributed by atoms with E-state index >= 15 is 0 Å². The van der Waals surface area contributed by atoms with Gasteiger partial charge in [0, 0.05) is 12.6 Å². The fourth-order valence-electron chi connectivity index (χ4n) is 3.88. The van der Waals surface area contributed by atoms with Crippen LogP contribution in [0.1, 0.15) is 47.8 Å². The number of amides is 3. The molecule has 3 amide bonds. The van der Waals surface area contributed by atoms with Gasteiger partial charge in [0.2, 0.25) is 0 Å². The van der Waals surface area contributed by atoms with Crippen molar-refractivity contribution in [2.24, 2.45) is 0 Å². The van der Waals surface area contributed by atoms with Crippen molar-refractivity contribution >= 4 is 23.4 Å². The molecule has 0 saturated heterocycles. The fraction of sp³-hybridized carbons (Fsp3) is 0.222. The number of nitrogens with zero attached hydrogens (tertiary/aromatic N) is 2. The number of benzene rings is 3. The summed E-state index contributed by atoms with van der Waals surface area (Å²) in [6.07, 6.45) is 0. The monoisotopic (exact) mass is 442 g/mol. The second-order valence-corrected chi connectivity index (χ2v) is 8.39. The van der Waals surface area contributed by atoms with Crippen molar-refractivity contribution in [3.8, 4) is 5.75 Å². The Labute approximate surface area is 193 Å². The van der Waals surface area contributed by atoms with Crippen LogP contribution in [-0.2, 0) is 0 Å². The first-order valence-corrected chi connectivity index (χ1v) is 10.8. The summed E-state index contributed by atoms with van der Waals surface area (Å²) in [4.78, 5) is 41.8. The highest BCUT2D eigenvalue weighted by Gasteiger charge is 2.38. The molecule has 3 aromatic carbocycles. The number of imide groups is 1. The van der Waals surface area contributed by atoms with Gasteiger partial charge in [-0.15, -0.1) is 0 Å². The van der Waals surface area contributed by atoms with E-state index in [0.29, 0.717) is 30.0 Å². The first-order valence-electron chi connectivity index (χ1n) is 10.8. The van der Waals surface area contributed by atoms with Crippen molar-refractivity contribution < 1.29 is 19.1 Å². The van der Waals surface area contributed by atoms with Crippen LogP contribution in [0.15, 0.2) is 60.7 Å². The number of fused-ring (bicyclic) bond motifs is 1. The van der Waals surface area contributed by atoms with Gasteiger partial charge in [0.15, 0.2) is 0 Å². The molecule has 0 radical (unpaired) electrons. The second-order valence-electron chi connectivity index (χ2n) is 8.39. The summed E-state index contributed by atoms with van der Waals surface area (Å²) in [7, 11) is 1.69. The van der Waals surface area contributed by atoms with Crippen LogP contribution in [-0.4, -0.2) is 42.8 Å². The molecule has 0 unspecified atom stereocenters. The highest BCUT2D eigenvalue weighted by molar-refractivity contribution is 6.35. The Bertz CT molecular complexity index is 1260. The predicted octanol–water partition coefficient (Wildman–Crippen LogP) is 4.56. The number of carbonyl (C=O) groups excluding carboxylic acids is 3. The van der Waals surface area contributed by atoms with E-state index in [1.54, 1.807) is 24.1 Å². The van der Waals surface area contributed by atoms with Crippen LogP contribution in [0.3, 0.4) is 0 Å². The smallest absolute Gasteiger partial charge is 0.266 e. The number of anilines is 1. The van der Waals surface area contributed by atoms with E-state index in [9.17, 15) is 14.4 Å². The molecule has 6 nitrogen and oxygen atoms in total. The maximum absolute atomic E-state index is 13.1. The molecule has 0 N–H and O–H groups in total. The van der Waals surface area contributed by atoms with E-state index in [4.69, 9.17) is 4.74 Å². The highest BCUT2D eigenvalue weighted by Crippen LogP contribution is 2.32. The van der Waals surface area contributed by atoms with Gasteiger partial charge in [-0.2, -0.15) is 0 Å². The van der Waals surface area contributed by atoms with Gasteiger partial charge in [0.05, 0.1) is 23.4 Å². The summed E-state index contributed by atoms with van der Waals surface area (Å²) in [5.74, 6) is -0.272. The van der Waals surface area contributed by atoms with Crippen molar-refractivity contribution in [3.63, 3.8) is 0 Å². The Morgan fingerprint density at radius 3 is 2.36 bits per heavy atom. The fourth-order valence-corrected chi connectivity index (χ4v) is 3.88. The van der Waals surface area contributed by atoms with E-state index < -0.39 is 5.91 Å². The van der Waals surface area contributed by atoms with Crippen molar-refractivity contribution in [2.45, 2.75) is 20.8 Å². The number of likely N-dealkylation sites (N-methyl/N-ethyl adjacent to an activating group) is 1. The average Bonchev–Trinajstić information content (AvgIpc) is 3.04. The zero-order valence-electron chi connectivity index (χ0n) is 19.2. The standard InChI is InChI=1S/C27H26N2O4/c1-17-6-5-7-21(14-17)33-13-12-28(4)25(30)20-10-11-22-23(16-20)27(32)29(26(22)31)24-15-18(2)8-9-19(24)3/h5-11,14-16H,12-13H2,1-4H3. The van der Waals surface area contributed by atoms with Crippen molar-refractivity contribution in [1.29, 1.82) is 0 Å². The van der Waals surface area contributed by atoms with Gasteiger partial charge >= 0.3 is 0 Å². The third-order valence-corrected chi connectivity index (χ3v) is 5.77. The summed E-state index contributed by atoms with van der Waals surface area (Å²) in [6.45, 7) is 6.49. The molecule has 3 aromatic rings. The lowest BCUT2D eigenvalue weighted by molar-refractivity contribution is 0.0773. The van der Waals surface area contributed by atoms with Gasteiger partial charge in [0.1, 0.15) is 12.4 Å². The third-order valence-electron chi connectivity index (χ3n) is 5.77. The van der Waals surface area contributed by atoms with Crippen LogP contribution in [0, 0.1) is 20.8 Å². The van der Waals surface area contributed by atoms with Gasteiger partial charge < -0.3 is 9.64 Å². The van der Waals surface area contributed by atoms with Crippen molar-refractivity contribution in [1.82, 2.24) is 4.90 Å². The van der Waals surface area contributed by atoms with Crippen molar-refractivity contribution in [3.05, 3.63) is 94.0 Å². The van der Waals surface area contributed by atoms with Crippen LogP contribution < -0.4 is 9.64 Å². The lowest BCUT2D eigenvalue weighted by Crippen LogP contribution is -2.31. The second kappa shape index (κ2) is 8.90. The molecule has 0 atom stereocenters. The largest absolute Gasteiger partial charge is 0.492 e. The summed E-state index contributed by atoms with van der Waals surface area (Å²) in [5, 5.41) is 0. The maximum Gasteiger partial charge on any atom is 0.266 e. The minimum atomic E-state index is -0.413. The Kier molecular flexibility index (Phi) is 6.01. The Hall–Kier alpha value is -3.93. The zero-order chi connectivity index (χ0) is 23.7. The number of aryl methyl sites for hydroxylation is 3. The Morgan fingerprint density at radius 2 is 1.61 bits per heavy atom. The SMILES string of the molecule is Cc1cccc(OCCN(C)C(=O)c2ccc3c(c2)C(=O)N(c2cc(C)ccc2C)C3=O)c1. The molecule has 1 heterocycles. The number of hydrogen-bond donors (Lipinski definition) is 0. The molecule has 0 spiro atoms. The predicted molar refractivity (Wildman–Crippen MR) is 127 cm³/mol. The quantitative estimate of drug-likeness (QED) is 0.525. The number of hydrogen-bond acceptors (Lipinski definition) is 4. The van der Waals surface area contributed by atoms with Gasteiger partial charge in [0.25, 0.3) is 17.7 Å². The first kappa shape index (κ1) is 22.3. The van der Waals surface area contributed by atoms with Crippen LogP contribution in [0.25, 0.3) is 0 Å². The molecule has 0 aliphatic carbocycles. The molecule has 0 saturated carbocycles. The number of carbonyl (C=O) groups is 3. The van der Waals surface area contributed by atoms with E-state index in [-0.39, 0.29) is 17.4 Å². The average molecular weight is 443 g/mol. The molecule has 4 rings (SSSR count). The maximum atomic E-state index is 13.1. The zero-order valence-corrected chi connectivity index (χ0v) is 19.2. The van der Waals surface area contributed by atoms with Gasteiger partial charge in [-0.25, -0.2) is 4.90 Å². The van der Waals surface area contributed by atoms with Crippen LogP contribution in [0.2, 0.25) is 0 Å². The van der Waals surface area contributed by atoms with E-state index in [1.807, 2.05) is 63.2 Å². The Morgan fingerprint density at radius 1 is 0.879 bits per heavy atom. The van der Waals surface area contributed by atoms with Gasteiger partial charge in [-0.3, -0.25) is 14.4 Å². The van der Waals surface area contributed by atoms with Crippen LogP contribution >= 0.6 is 0 Å². The molecule has 33 heavy (non-hydrogen) atoms. The number of rotatable bonds is 6. The van der Waals surface area contributed by atoms with Gasteiger partial charge in [-0.1, -0.05) is 24.3 Å². The van der Waals surface area contributed by atoms with Crippen molar-refractivity contribution in [2.75, 3.05) is 25.1 Å². The normalized spacial score (nSPS) is 12.7. The lowest BCUT2D eigenvalue weighted by Gasteiger charge is -2.18. The summed E-state index contributed by atoms with van der Waals surface area (Å²) < 4.78 is 5.73. The third kappa shape index (κ3) is 4.37. The molecule has 6 heteroatoms. The molecule has 0 fully saturated rings. The molecular formula is C27H26N2O4. The molecular weight excluding hydrogens is 416 g/mol. The highest BCUT2D eigenvalue weighted by atomic mass is 16.5. The molecule has 1 aliphatic rings. The Balaban J connectivity index is 1.49. The molecule has 1 aliphatic heterocycles. The minimum absolute atomic E-state index is 0.240. The lowest BCUT2D eigenvalue weighted by atomic mass is 10.0. The van der Waals surface area contributed by atoms with E-state index in [2.05, 4.69) is 0 Å². The minimum Gasteiger partial charge on any atom is -0.492 e.